The molecule has 1 aromatic heterocycles. The van der Waals surface area contributed by atoms with Crippen LogP contribution in [0.3, 0.4) is 0 Å². The summed E-state index contributed by atoms with van der Waals surface area (Å²) in [5.74, 6) is 3.41. The quantitative estimate of drug-likeness (QED) is 0.847. The zero-order valence-corrected chi connectivity index (χ0v) is 12.7. The van der Waals surface area contributed by atoms with Gasteiger partial charge in [-0.05, 0) is 48.3 Å². The van der Waals surface area contributed by atoms with E-state index in [1.165, 1.54) is 25.7 Å². The van der Waals surface area contributed by atoms with Gasteiger partial charge in [-0.3, -0.25) is 0 Å². The topological polar surface area (TPSA) is 37.8 Å². The molecule has 2 atom stereocenters. The number of hydrogen-bond acceptors (Lipinski definition) is 3. The van der Waals surface area contributed by atoms with Crippen LogP contribution in [0.2, 0.25) is 0 Å². The Bertz CT molecular complexity index is 381. The maximum Gasteiger partial charge on any atom is 0.143 e. The minimum absolute atomic E-state index is 0.563. The fourth-order valence-electron chi connectivity index (χ4n) is 2.54. The second-order valence-electron chi connectivity index (χ2n) is 4.92. The molecule has 1 heterocycles. The van der Waals surface area contributed by atoms with Crippen LogP contribution in [0.5, 0.6) is 0 Å². The maximum absolute atomic E-state index is 4.69. The molecular formula is C13H20IN3. The number of hydrogen-bond donors (Lipinski definition) is 1. The Morgan fingerprint density at radius 3 is 3.00 bits per heavy atom. The van der Waals surface area contributed by atoms with E-state index in [1.54, 1.807) is 0 Å². The highest BCUT2D eigenvalue weighted by Gasteiger charge is 2.23. The van der Waals surface area contributed by atoms with E-state index in [4.69, 9.17) is 4.98 Å². The standard InChI is InChI=1S/C13H20IN3/c1-3-15-13-11(14)8-16-12(17-13)10-6-4-5-9(2)7-10/h8-10H,3-7H2,1-2H3,(H,15,16,17). The van der Waals surface area contributed by atoms with Gasteiger partial charge in [-0.25, -0.2) is 9.97 Å². The zero-order chi connectivity index (χ0) is 12.3. The summed E-state index contributed by atoms with van der Waals surface area (Å²) >= 11 is 2.29. The molecule has 1 fully saturated rings. The van der Waals surface area contributed by atoms with Gasteiger partial charge in [0.25, 0.3) is 0 Å². The molecule has 0 spiro atoms. The fourth-order valence-corrected chi connectivity index (χ4v) is 2.99. The Kier molecular flexibility index (Phi) is 4.59. The van der Waals surface area contributed by atoms with Gasteiger partial charge in [0.05, 0.1) is 3.57 Å². The largest absolute Gasteiger partial charge is 0.369 e. The van der Waals surface area contributed by atoms with E-state index in [0.717, 1.165) is 27.7 Å². The van der Waals surface area contributed by atoms with Crippen molar-refractivity contribution in [1.29, 1.82) is 0 Å². The summed E-state index contributed by atoms with van der Waals surface area (Å²) in [7, 11) is 0. The molecule has 0 radical (unpaired) electrons. The molecule has 2 rings (SSSR count). The van der Waals surface area contributed by atoms with Crippen molar-refractivity contribution in [2.24, 2.45) is 5.92 Å². The lowest BCUT2D eigenvalue weighted by atomic mass is 9.82. The molecular weight excluding hydrogens is 325 g/mol. The van der Waals surface area contributed by atoms with E-state index in [0.29, 0.717) is 5.92 Å². The molecule has 0 bridgehead atoms. The summed E-state index contributed by atoms with van der Waals surface area (Å²) in [4.78, 5) is 9.21. The van der Waals surface area contributed by atoms with E-state index >= 15 is 0 Å². The molecule has 0 saturated heterocycles. The second-order valence-corrected chi connectivity index (χ2v) is 6.09. The van der Waals surface area contributed by atoms with Crippen molar-refractivity contribution in [2.45, 2.75) is 45.4 Å². The van der Waals surface area contributed by atoms with Crippen molar-refractivity contribution in [3.05, 3.63) is 15.6 Å². The van der Waals surface area contributed by atoms with Gasteiger partial charge in [0.15, 0.2) is 0 Å². The van der Waals surface area contributed by atoms with Gasteiger partial charge in [0, 0.05) is 18.7 Å². The smallest absolute Gasteiger partial charge is 0.143 e. The summed E-state index contributed by atoms with van der Waals surface area (Å²) in [6, 6.07) is 0. The highest BCUT2D eigenvalue weighted by Crippen LogP contribution is 2.34. The van der Waals surface area contributed by atoms with Crippen LogP contribution in [0.4, 0.5) is 5.82 Å². The number of nitrogens with one attached hydrogen (secondary N) is 1. The Hall–Kier alpha value is -0.390. The van der Waals surface area contributed by atoms with Crippen molar-refractivity contribution in [3.63, 3.8) is 0 Å². The fraction of sp³-hybridized carbons (Fsp3) is 0.692. The van der Waals surface area contributed by atoms with Crippen LogP contribution >= 0.6 is 22.6 Å². The lowest BCUT2D eigenvalue weighted by Crippen LogP contribution is -2.15. The third-order valence-corrected chi connectivity index (χ3v) is 4.20. The minimum Gasteiger partial charge on any atom is -0.369 e. The van der Waals surface area contributed by atoms with Gasteiger partial charge in [-0.15, -0.1) is 0 Å². The first-order valence-electron chi connectivity index (χ1n) is 6.47. The van der Waals surface area contributed by atoms with Gasteiger partial charge in [-0.2, -0.15) is 0 Å². The molecule has 94 valence electrons. The Labute approximate surface area is 117 Å². The van der Waals surface area contributed by atoms with E-state index in [9.17, 15) is 0 Å². The predicted molar refractivity (Wildman–Crippen MR) is 79.3 cm³/mol. The maximum atomic E-state index is 4.69. The first kappa shape index (κ1) is 13.1. The van der Waals surface area contributed by atoms with Crippen LogP contribution < -0.4 is 5.32 Å². The van der Waals surface area contributed by atoms with Gasteiger partial charge in [-0.1, -0.05) is 19.8 Å². The molecule has 0 aliphatic heterocycles. The Morgan fingerprint density at radius 1 is 1.47 bits per heavy atom. The van der Waals surface area contributed by atoms with Crippen molar-refractivity contribution in [2.75, 3.05) is 11.9 Å². The number of nitrogens with zero attached hydrogens (tertiary/aromatic N) is 2. The number of aromatic nitrogens is 2. The first-order chi connectivity index (χ1) is 8.20. The third-order valence-electron chi connectivity index (χ3n) is 3.41. The Morgan fingerprint density at radius 2 is 2.29 bits per heavy atom. The van der Waals surface area contributed by atoms with Gasteiger partial charge in [0.2, 0.25) is 0 Å². The van der Waals surface area contributed by atoms with Crippen LogP contribution in [-0.2, 0) is 0 Å². The van der Waals surface area contributed by atoms with E-state index in [-0.39, 0.29) is 0 Å². The zero-order valence-electron chi connectivity index (χ0n) is 10.5. The van der Waals surface area contributed by atoms with Gasteiger partial charge < -0.3 is 5.32 Å². The molecule has 17 heavy (non-hydrogen) atoms. The summed E-state index contributed by atoms with van der Waals surface area (Å²) in [5, 5.41) is 3.31. The van der Waals surface area contributed by atoms with Gasteiger partial charge in [0.1, 0.15) is 11.6 Å². The van der Waals surface area contributed by atoms with Crippen LogP contribution in [-0.4, -0.2) is 16.5 Å². The first-order valence-corrected chi connectivity index (χ1v) is 7.55. The molecule has 1 saturated carbocycles. The highest BCUT2D eigenvalue weighted by molar-refractivity contribution is 14.1. The number of halogens is 1. The molecule has 0 aromatic carbocycles. The number of rotatable bonds is 3. The molecule has 1 aliphatic carbocycles. The SMILES string of the molecule is CCNc1nc(C2CCCC(C)C2)ncc1I. The average Bonchev–Trinajstić information content (AvgIpc) is 2.32. The summed E-state index contributed by atoms with van der Waals surface area (Å²) in [5.41, 5.74) is 0. The van der Waals surface area contributed by atoms with Crippen LogP contribution in [0.1, 0.15) is 51.3 Å². The lowest BCUT2D eigenvalue weighted by Gasteiger charge is -2.25. The monoisotopic (exact) mass is 345 g/mol. The lowest BCUT2D eigenvalue weighted by molar-refractivity contribution is 0.335. The number of anilines is 1. The van der Waals surface area contributed by atoms with Crippen LogP contribution in [0.15, 0.2) is 6.20 Å². The van der Waals surface area contributed by atoms with E-state index in [2.05, 4.69) is 46.7 Å². The van der Waals surface area contributed by atoms with Crippen molar-refractivity contribution in [3.8, 4) is 0 Å². The summed E-state index contributed by atoms with van der Waals surface area (Å²) in [6.45, 7) is 5.35. The summed E-state index contributed by atoms with van der Waals surface area (Å²) < 4.78 is 1.11. The second kappa shape index (κ2) is 5.98. The Balaban J connectivity index is 2.17. The van der Waals surface area contributed by atoms with Crippen molar-refractivity contribution in [1.82, 2.24) is 9.97 Å². The van der Waals surface area contributed by atoms with Gasteiger partial charge >= 0.3 is 0 Å². The normalized spacial score (nSPS) is 24.6. The average molecular weight is 345 g/mol. The minimum atomic E-state index is 0.563. The molecule has 4 heteroatoms. The van der Waals surface area contributed by atoms with E-state index in [1.807, 2.05) is 6.20 Å². The van der Waals surface area contributed by atoms with Crippen LogP contribution in [0.25, 0.3) is 0 Å². The molecule has 1 N–H and O–H groups in total. The molecule has 1 aliphatic rings. The highest BCUT2D eigenvalue weighted by atomic mass is 127. The molecule has 0 amide bonds. The van der Waals surface area contributed by atoms with Crippen LogP contribution in [0, 0.1) is 9.49 Å². The molecule has 1 aromatic rings. The third kappa shape index (κ3) is 3.30. The van der Waals surface area contributed by atoms with Crippen molar-refractivity contribution < 1.29 is 0 Å². The predicted octanol–water partition coefficient (Wildman–Crippen LogP) is 3.81. The molecule has 2 unspecified atom stereocenters. The van der Waals surface area contributed by atoms with Crippen molar-refractivity contribution >= 4 is 28.4 Å². The molecule has 3 nitrogen and oxygen atoms in total. The van der Waals surface area contributed by atoms with E-state index < -0.39 is 0 Å². The summed E-state index contributed by atoms with van der Waals surface area (Å²) in [6.07, 6.45) is 7.11.